The van der Waals surface area contributed by atoms with Gasteiger partial charge in [-0.25, -0.2) is 4.85 Å². The van der Waals surface area contributed by atoms with Crippen LogP contribution in [0.4, 0.5) is 11.5 Å². The van der Waals surface area contributed by atoms with Crippen molar-refractivity contribution in [2.75, 3.05) is 24.7 Å². The van der Waals surface area contributed by atoms with E-state index in [0.29, 0.717) is 6.04 Å². The molecule has 138 valence electrons. The van der Waals surface area contributed by atoms with Crippen LogP contribution in [-0.2, 0) is 4.74 Å². The van der Waals surface area contributed by atoms with Crippen molar-refractivity contribution in [3.63, 3.8) is 0 Å². The van der Waals surface area contributed by atoms with Crippen molar-refractivity contribution in [3.8, 4) is 11.1 Å². The second-order valence-corrected chi connectivity index (χ2v) is 7.11. The monoisotopic (exact) mass is 359 g/mol. The first-order valence-electron chi connectivity index (χ1n) is 9.66. The molecule has 0 atom stereocenters. The molecule has 0 bridgehead atoms. The minimum Gasteiger partial charge on any atom is -0.381 e. The minimum atomic E-state index is 0.453. The smallest absolute Gasteiger partial charge is 0.195 e. The third kappa shape index (κ3) is 3.20. The van der Waals surface area contributed by atoms with Crippen molar-refractivity contribution in [2.45, 2.75) is 32.7 Å². The number of rotatable bonds is 4. The Labute approximate surface area is 160 Å². The SMILES string of the molecule is [C-]#[N+]c1cc2cc(-c3ccccc3)cn2c(N(CC)C2CCOCC2)c1C. The van der Waals surface area contributed by atoms with Gasteiger partial charge in [-0.05, 0) is 49.9 Å². The summed E-state index contributed by atoms with van der Waals surface area (Å²) in [5.41, 5.74) is 5.25. The number of ether oxygens (including phenoxy) is 1. The van der Waals surface area contributed by atoms with Crippen molar-refractivity contribution in [1.82, 2.24) is 4.40 Å². The van der Waals surface area contributed by atoms with E-state index in [9.17, 15) is 0 Å². The molecule has 1 aromatic carbocycles. The highest BCUT2D eigenvalue weighted by atomic mass is 16.5. The summed E-state index contributed by atoms with van der Waals surface area (Å²) in [6.07, 6.45) is 4.27. The lowest BCUT2D eigenvalue weighted by atomic mass is 10.1. The maximum atomic E-state index is 7.65. The van der Waals surface area contributed by atoms with Gasteiger partial charge in [-0.1, -0.05) is 30.3 Å². The average Bonchev–Trinajstić information content (AvgIpc) is 3.15. The molecule has 0 N–H and O–H groups in total. The molecule has 1 saturated heterocycles. The maximum absolute atomic E-state index is 7.65. The van der Waals surface area contributed by atoms with E-state index in [4.69, 9.17) is 11.3 Å². The highest BCUT2D eigenvalue weighted by molar-refractivity contribution is 5.78. The molecule has 4 heteroatoms. The number of anilines is 1. The van der Waals surface area contributed by atoms with Gasteiger partial charge in [0, 0.05) is 43.1 Å². The van der Waals surface area contributed by atoms with Crippen molar-refractivity contribution >= 4 is 17.0 Å². The van der Waals surface area contributed by atoms with E-state index in [-0.39, 0.29) is 0 Å². The van der Waals surface area contributed by atoms with Gasteiger partial charge in [0.15, 0.2) is 5.69 Å². The summed E-state index contributed by atoms with van der Waals surface area (Å²) >= 11 is 0. The van der Waals surface area contributed by atoms with Crippen LogP contribution >= 0.6 is 0 Å². The predicted octanol–water partition coefficient (Wildman–Crippen LogP) is 5.47. The molecule has 0 amide bonds. The summed E-state index contributed by atoms with van der Waals surface area (Å²) in [6.45, 7) is 14.5. The zero-order valence-electron chi connectivity index (χ0n) is 16.0. The highest BCUT2D eigenvalue weighted by Crippen LogP contribution is 2.36. The molecule has 2 aromatic heterocycles. The molecule has 4 rings (SSSR count). The van der Waals surface area contributed by atoms with E-state index in [1.807, 2.05) is 12.1 Å². The summed E-state index contributed by atoms with van der Waals surface area (Å²) in [7, 11) is 0. The van der Waals surface area contributed by atoms with Gasteiger partial charge in [0.05, 0.1) is 6.57 Å². The Hall–Kier alpha value is -2.77. The van der Waals surface area contributed by atoms with E-state index in [1.165, 1.54) is 11.1 Å². The Morgan fingerprint density at radius 2 is 1.89 bits per heavy atom. The third-order valence-electron chi connectivity index (χ3n) is 5.55. The number of nitrogens with zero attached hydrogens (tertiary/aromatic N) is 3. The van der Waals surface area contributed by atoms with Gasteiger partial charge < -0.3 is 14.0 Å². The van der Waals surface area contributed by atoms with Crippen LogP contribution in [0.15, 0.2) is 48.7 Å². The quantitative estimate of drug-likeness (QED) is 0.576. The molecule has 1 aliphatic rings. The third-order valence-corrected chi connectivity index (χ3v) is 5.55. The average molecular weight is 359 g/mol. The number of hydrogen-bond acceptors (Lipinski definition) is 2. The molecule has 0 spiro atoms. The summed E-state index contributed by atoms with van der Waals surface area (Å²) in [6, 6.07) is 15.1. The second kappa shape index (κ2) is 7.46. The topological polar surface area (TPSA) is 21.2 Å². The molecular weight excluding hydrogens is 334 g/mol. The van der Waals surface area contributed by atoms with E-state index in [2.05, 4.69) is 64.5 Å². The molecule has 1 fully saturated rings. The molecule has 3 aromatic rings. The van der Waals surface area contributed by atoms with Crippen molar-refractivity contribution in [3.05, 3.63) is 65.6 Å². The van der Waals surface area contributed by atoms with Gasteiger partial charge in [0.25, 0.3) is 0 Å². The fourth-order valence-corrected chi connectivity index (χ4v) is 4.15. The van der Waals surface area contributed by atoms with E-state index < -0.39 is 0 Å². The van der Waals surface area contributed by atoms with Crippen LogP contribution in [0.1, 0.15) is 25.3 Å². The van der Waals surface area contributed by atoms with Gasteiger partial charge in [0.2, 0.25) is 0 Å². The molecule has 27 heavy (non-hydrogen) atoms. The number of hydrogen-bond donors (Lipinski definition) is 0. The summed E-state index contributed by atoms with van der Waals surface area (Å²) in [4.78, 5) is 6.28. The Balaban J connectivity index is 1.90. The van der Waals surface area contributed by atoms with Crippen molar-refractivity contribution in [1.29, 1.82) is 0 Å². The fourth-order valence-electron chi connectivity index (χ4n) is 4.15. The lowest BCUT2D eigenvalue weighted by Crippen LogP contribution is -2.40. The summed E-state index contributed by atoms with van der Waals surface area (Å²) < 4.78 is 7.84. The Bertz CT molecular complexity index is 978. The largest absolute Gasteiger partial charge is 0.381 e. The summed E-state index contributed by atoms with van der Waals surface area (Å²) in [5.74, 6) is 1.15. The van der Waals surface area contributed by atoms with Crippen LogP contribution in [0.25, 0.3) is 21.5 Å². The Kier molecular flexibility index (Phi) is 4.87. The summed E-state index contributed by atoms with van der Waals surface area (Å²) in [5, 5.41) is 0. The van der Waals surface area contributed by atoms with Crippen LogP contribution in [0.3, 0.4) is 0 Å². The van der Waals surface area contributed by atoms with Gasteiger partial charge in [0.1, 0.15) is 5.82 Å². The Morgan fingerprint density at radius 3 is 2.56 bits per heavy atom. The molecule has 0 unspecified atom stereocenters. The highest BCUT2D eigenvalue weighted by Gasteiger charge is 2.25. The minimum absolute atomic E-state index is 0.453. The lowest BCUT2D eigenvalue weighted by Gasteiger charge is -2.37. The van der Waals surface area contributed by atoms with Crippen LogP contribution in [0.2, 0.25) is 0 Å². The van der Waals surface area contributed by atoms with E-state index in [1.54, 1.807) is 0 Å². The standard InChI is InChI=1S/C23H25N3O/c1-4-25(20-10-12-27-13-11-20)23-17(2)22(24-3)15-21-14-19(16-26(21)23)18-8-6-5-7-9-18/h5-9,14-16,20H,4,10-13H2,1-2H3. The normalized spacial score (nSPS) is 15.0. The number of pyridine rings is 1. The molecular formula is C23H25N3O. The van der Waals surface area contributed by atoms with Gasteiger partial charge in [-0.3, -0.25) is 0 Å². The fraction of sp³-hybridized carbons (Fsp3) is 0.348. The zero-order valence-corrected chi connectivity index (χ0v) is 16.0. The van der Waals surface area contributed by atoms with E-state index >= 15 is 0 Å². The maximum Gasteiger partial charge on any atom is 0.195 e. The zero-order chi connectivity index (χ0) is 18.8. The number of fused-ring (bicyclic) bond motifs is 1. The van der Waals surface area contributed by atoms with Crippen molar-refractivity contribution in [2.24, 2.45) is 0 Å². The van der Waals surface area contributed by atoms with Crippen molar-refractivity contribution < 1.29 is 4.74 Å². The first-order valence-corrected chi connectivity index (χ1v) is 9.66. The number of benzene rings is 1. The van der Waals surface area contributed by atoms with Crippen LogP contribution in [-0.4, -0.2) is 30.2 Å². The van der Waals surface area contributed by atoms with Gasteiger partial charge in [-0.15, -0.1) is 0 Å². The van der Waals surface area contributed by atoms with Crippen LogP contribution < -0.4 is 4.90 Å². The molecule has 4 nitrogen and oxygen atoms in total. The van der Waals surface area contributed by atoms with Crippen LogP contribution in [0.5, 0.6) is 0 Å². The first kappa shape index (κ1) is 17.6. The van der Waals surface area contributed by atoms with Gasteiger partial charge in [-0.2, -0.15) is 0 Å². The predicted molar refractivity (Wildman–Crippen MR) is 111 cm³/mol. The van der Waals surface area contributed by atoms with Gasteiger partial charge >= 0.3 is 0 Å². The molecule has 0 radical (unpaired) electrons. The molecule has 0 aliphatic carbocycles. The molecule has 0 saturated carbocycles. The lowest BCUT2D eigenvalue weighted by molar-refractivity contribution is 0.0844. The second-order valence-electron chi connectivity index (χ2n) is 7.11. The van der Waals surface area contributed by atoms with Crippen LogP contribution in [0, 0.1) is 13.5 Å². The Morgan fingerprint density at radius 1 is 1.15 bits per heavy atom. The molecule has 1 aliphatic heterocycles. The number of aromatic nitrogens is 1. The first-order chi connectivity index (χ1) is 13.2. The molecule has 3 heterocycles. The van der Waals surface area contributed by atoms with E-state index in [0.717, 1.165) is 55.2 Å².